The summed E-state index contributed by atoms with van der Waals surface area (Å²) in [7, 11) is 0. The zero-order chi connectivity index (χ0) is 22.4. The zero-order valence-corrected chi connectivity index (χ0v) is 18.4. The van der Waals surface area contributed by atoms with Crippen LogP contribution in [0.4, 0.5) is 4.39 Å². The van der Waals surface area contributed by atoms with E-state index in [0.717, 1.165) is 25.9 Å². The molecule has 7 heteroatoms. The summed E-state index contributed by atoms with van der Waals surface area (Å²) in [6, 6.07) is 7.96. The van der Waals surface area contributed by atoms with Gasteiger partial charge in [-0.1, -0.05) is 6.07 Å². The van der Waals surface area contributed by atoms with Crippen LogP contribution < -0.4 is 4.74 Å². The van der Waals surface area contributed by atoms with E-state index in [4.69, 9.17) is 9.47 Å². The van der Waals surface area contributed by atoms with E-state index in [1.165, 1.54) is 12.1 Å². The van der Waals surface area contributed by atoms with Gasteiger partial charge in [0.25, 0.3) is 0 Å². The van der Waals surface area contributed by atoms with Crippen molar-refractivity contribution in [3.05, 3.63) is 47.9 Å². The first-order valence-electron chi connectivity index (χ1n) is 10.8. The Hall–Kier alpha value is -2.51. The number of likely N-dealkylation sites (tertiary alicyclic amines) is 1. The molecule has 2 aromatic rings. The Labute approximate surface area is 183 Å². The summed E-state index contributed by atoms with van der Waals surface area (Å²) in [5.41, 5.74) is 0.427. The Bertz CT molecular complexity index is 872. The number of pyridine rings is 1. The third-order valence-corrected chi connectivity index (χ3v) is 5.30. The van der Waals surface area contributed by atoms with Crippen LogP contribution in [0.15, 0.2) is 36.5 Å². The van der Waals surface area contributed by atoms with E-state index in [9.17, 15) is 14.3 Å². The molecule has 1 aromatic heterocycles. The predicted octanol–water partition coefficient (Wildman–Crippen LogP) is 3.93. The second-order valence-corrected chi connectivity index (χ2v) is 8.64. The van der Waals surface area contributed by atoms with E-state index in [-0.39, 0.29) is 12.2 Å². The number of ether oxygens (including phenoxy) is 2. The molecule has 1 aliphatic heterocycles. The molecule has 0 saturated carbocycles. The highest BCUT2D eigenvalue weighted by atomic mass is 19.1. The standard InChI is InChI=1S/C24H31FN2O4/c1-4-30-23(28)20-7-5-18(13-21(20)25)22-8-6-19(14-26-22)31-15-17-9-11-27(12-10-17)16-24(2,3)29/h5-8,13-14,17,29H,4,9-12,15-16H2,1-3H3. The number of aliphatic hydroxyl groups is 1. The number of hydrogen-bond donors (Lipinski definition) is 1. The van der Waals surface area contributed by atoms with Crippen LogP contribution >= 0.6 is 0 Å². The highest BCUT2D eigenvalue weighted by molar-refractivity contribution is 5.90. The van der Waals surface area contributed by atoms with Gasteiger partial charge in [-0.2, -0.15) is 0 Å². The third kappa shape index (κ3) is 6.74. The van der Waals surface area contributed by atoms with Crippen molar-refractivity contribution in [2.75, 3.05) is 32.8 Å². The van der Waals surface area contributed by atoms with Gasteiger partial charge in [0.1, 0.15) is 11.6 Å². The molecule has 6 nitrogen and oxygen atoms in total. The van der Waals surface area contributed by atoms with Crippen LogP contribution in [0.3, 0.4) is 0 Å². The van der Waals surface area contributed by atoms with Gasteiger partial charge in [-0.25, -0.2) is 9.18 Å². The number of halogens is 1. The first-order chi connectivity index (χ1) is 14.7. The van der Waals surface area contributed by atoms with Gasteiger partial charge in [-0.15, -0.1) is 0 Å². The van der Waals surface area contributed by atoms with Crippen LogP contribution in [0.1, 0.15) is 44.0 Å². The number of carbonyl (C=O) groups excluding carboxylic acids is 1. The lowest BCUT2D eigenvalue weighted by Gasteiger charge is -2.35. The second kappa shape index (κ2) is 10.2. The molecule has 0 spiro atoms. The van der Waals surface area contributed by atoms with E-state index in [0.29, 0.717) is 36.1 Å². The second-order valence-electron chi connectivity index (χ2n) is 8.64. The zero-order valence-electron chi connectivity index (χ0n) is 18.4. The minimum Gasteiger partial charge on any atom is -0.492 e. The molecular formula is C24H31FN2O4. The van der Waals surface area contributed by atoms with Crippen LogP contribution in [-0.2, 0) is 4.74 Å². The first-order valence-corrected chi connectivity index (χ1v) is 10.8. The summed E-state index contributed by atoms with van der Waals surface area (Å²) in [4.78, 5) is 18.4. The normalized spacial score (nSPS) is 15.6. The number of nitrogens with zero attached hydrogens (tertiary/aromatic N) is 2. The Balaban J connectivity index is 1.52. The molecule has 3 rings (SSSR count). The molecule has 1 N–H and O–H groups in total. The van der Waals surface area contributed by atoms with Crippen LogP contribution in [0, 0.1) is 11.7 Å². The quantitative estimate of drug-likeness (QED) is 0.640. The van der Waals surface area contributed by atoms with Gasteiger partial charge in [-0.05, 0) is 76.9 Å². The summed E-state index contributed by atoms with van der Waals surface area (Å²) in [6.45, 7) is 8.78. The van der Waals surface area contributed by atoms with Crippen molar-refractivity contribution < 1.29 is 23.8 Å². The Morgan fingerprint density at radius 2 is 2.00 bits per heavy atom. The fraction of sp³-hybridized carbons (Fsp3) is 0.500. The van der Waals surface area contributed by atoms with E-state index in [1.807, 2.05) is 19.9 Å². The van der Waals surface area contributed by atoms with E-state index < -0.39 is 17.4 Å². The van der Waals surface area contributed by atoms with Crippen molar-refractivity contribution in [1.82, 2.24) is 9.88 Å². The topological polar surface area (TPSA) is 71.9 Å². The number of piperidine rings is 1. The summed E-state index contributed by atoms with van der Waals surface area (Å²) in [6.07, 6.45) is 3.71. The minimum atomic E-state index is -0.672. The average molecular weight is 431 g/mol. The molecule has 0 bridgehead atoms. The van der Waals surface area contributed by atoms with Crippen LogP contribution in [0.5, 0.6) is 5.75 Å². The SMILES string of the molecule is CCOC(=O)c1ccc(-c2ccc(OCC3CCN(CC(C)(C)O)CC3)cn2)cc1F. The maximum Gasteiger partial charge on any atom is 0.341 e. The minimum absolute atomic E-state index is 0.0841. The molecule has 0 aliphatic carbocycles. The first kappa shape index (κ1) is 23.2. The van der Waals surface area contributed by atoms with Gasteiger partial charge in [-0.3, -0.25) is 4.98 Å². The van der Waals surface area contributed by atoms with E-state index in [2.05, 4.69) is 9.88 Å². The maximum atomic E-state index is 14.3. The fourth-order valence-corrected chi connectivity index (χ4v) is 3.76. The molecule has 1 saturated heterocycles. The molecule has 2 heterocycles. The average Bonchev–Trinajstić information content (AvgIpc) is 2.72. The predicted molar refractivity (Wildman–Crippen MR) is 117 cm³/mol. The van der Waals surface area contributed by atoms with Gasteiger partial charge >= 0.3 is 5.97 Å². The van der Waals surface area contributed by atoms with Crippen molar-refractivity contribution >= 4 is 5.97 Å². The lowest BCUT2D eigenvalue weighted by Crippen LogP contribution is -2.43. The number of benzene rings is 1. The summed E-state index contributed by atoms with van der Waals surface area (Å²) >= 11 is 0. The smallest absolute Gasteiger partial charge is 0.341 e. The third-order valence-electron chi connectivity index (χ3n) is 5.30. The lowest BCUT2D eigenvalue weighted by molar-refractivity contribution is 0.0212. The van der Waals surface area contributed by atoms with Crippen LogP contribution in [0.25, 0.3) is 11.3 Å². The molecule has 168 valence electrons. The van der Waals surface area contributed by atoms with Gasteiger partial charge < -0.3 is 19.5 Å². The number of carbonyl (C=O) groups is 1. The number of rotatable bonds is 8. The summed E-state index contributed by atoms with van der Waals surface area (Å²) in [5.74, 6) is -0.156. The highest BCUT2D eigenvalue weighted by Gasteiger charge is 2.24. The number of esters is 1. The van der Waals surface area contributed by atoms with Gasteiger partial charge in [0, 0.05) is 12.1 Å². The summed E-state index contributed by atoms with van der Waals surface area (Å²) < 4.78 is 25.0. The molecule has 0 amide bonds. The highest BCUT2D eigenvalue weighted by Crippen LogP contribution is 2.24. The monoisotopic (exact) mass is 430 g/mol. The Kier molecular flexibility index (Phi) is 7.62. The number of aromatic nitrogens is 1. The van der Waals surface area contributed by atoms with Crippen molar-refractivity contribution in [3.63, 3.8) is 0 Å². The van der Waals surface area contributed by atoms with Crippen molar-refractivity contribution in [2.24, 2.45) is 5.92 Å². The fourth-order valence-electron chi connectivity index (χ4n) is 3.76. The van der Waals surface area contributed by atoms with Crippen molar-refractivity contribution in [3.8, 4) is 17.0 Å². The van der Waals surface area contributed by atoms with Crippen molar-refractivity contribution in [1.29, 1.82) is 0 Å². The molecule has 1 aliphatic rings. The molecule has 1 aromatic carbocycles. The Morgan fingerprint density at radius 3 is 2.58 bits per heavy atom. The van der Waals surface area contributed by atoms with Crippen LogP contribution in [0.2, 0.25) is 0 Å². The maximum absolute atomic E-state index is 14.3. The van der Waals surface area contributed by atoms with Crippen molar-refractivity contribution in [2.45, 2.75) is 39.2 Å². The Morgan fingerprint density at radius 1 is 1.26 bits per heavy atom. The van der Waals surface area contributed by atoms with Gasteiger partial charge in [0.2, 0.25) is 0 Å². The lowest BCUT2D eigenvalue weighted by atomic mass is 9.96. The molecule has 31 heavy (non-hydrogen) atoms. The van der Waals surface area contributed by atoms with Crippen LogP contribution in [-0.4, -0.2) is 59.4 Å². The van der Waals surface area contributed by atoms with Gasteiger partial charge in [0.15, 0.2) is 0 Å². The molecule has 1 fully saturated rings. The summed E-state index contributed by atoms with van der Waals surface area (Å²) in [5, 5.41) is 9.95. The number of β-amino-alcohol motifs (C(OH)–C–C–N with tert-alkyl or cyclic N) is 1. The molecule has 0 atom stereocenters. The van der Waals surface area contributed by atoms with Gasteiger partial charge in [0.05, 0.1) is 36.3 Å². The molecular weight excluding hydrogens is 399 g/mol. The van der Waals surface area contributed by atoms with E-state index >= 15 is 0 Å². The van der Waals surface area contributed by atoms with E-state index in [1.54, 1.807) is 25.3 Å². The molecule has 0 unspecified atom stereocenters. The number of hydrogen-bond acceptors (Lipinski definition) is 6. The molecule has 0 radical (unpaired) electrons. The largest absolute Gasteiger partial charge is 0.492 e.